The maximum atomic E-state index is 2.27. The van der Waals surface area contributed by atoms with Crippen molar-refractivity contribution in [2.45, 2.75) is 25.1 Å². The van der Waals surface area contributed by atoms with Crippen molar-refractivity contribution in [1.82, 2.24) is 0 Å². The summed E-state index contributed by atoms with van der Waals surface area (Å²) in [6, 6.07) is 43.8. The minimum Gasteiger partial charge on any atom is -0.0742 e. The van der Waals surface area contributed by atoms with Gasteiger partial charge in [-0.05, 0) is 17.5 Å². The Morgan fingerprint density at radius 1 is 0.483 bits per heavy atom. The van der Waals surface area contributed by atoms with E-state index in [1.54, 1.807) is 0 Å². The van der Waals surface area contributed by atoms with Gasteiger partial charge < -0.3 is 0 Å². The molecule has 0 nitrogen and oxygen atoms in total. The molecule has 0 bridgehead atoms. The zero-order valence-corrected chi connectivity index (χ0v) is 16.8. The summed E-state index contributed by atoms with van der Waals surface area (Å²) in [5, 5.41) is 0. The van der Waals surface area contributed by atoms with Gasteiger partial charge in [-0.3, -0.25) is 0 Å². The lowest BCUT2D eigenvalue weighted by molar-refractivity contribution is 0.696. The molecular formula is C28H27B. The van der Waals surface area contributed by atoms with Gasteiger partial charge in [-0.2, -0.15) is 0 Å². The highest BCUT2D eigenvalue weighted by Gasteiger charge is 2.20. The Kier molecular flexibility index (Phi) is 6.60. The molecule has 0 atom stereocenters. The minimum atomic E-state index is 0.449. The van der Waals surface area contributed by atoms with E-state index in [1.165, 1.54) is 28.5 Å². The molecule has 0 aliphatic carbocycles. The molecule has 0 saturated heterocycles. The molecule has 0 saturated carbocycles. The summed E-state index contributed by atoms with van der Waals surface area (Å²) < 4.78 is 0. The van der Waals surface area contributed by atoms with Gasteiger partial charge >= 0.3 is 0 Å². The fourth-order valence-corrected chi connectivity index (χ4v) is 4.32. The van der Waals surface area contributed by atoms with E-state index in [2.05, 4.69) is 121 Å². The van der Waals surface area contributed by atoms with Gasteiger partial charge in [-0.25, -0.2) is 0 Å². The van der Waals surface area contributed by atoms with Gasteiger partial charge in [-0.15, -0.1) is 0 Å². The van der Waals surface area contributed by atoms with Crippen LogP contribution in [-0.2, 0) is 0 Å². The Balaban J connectivity index is 1.53. The lowest BCUT2D eigenvalue weighted by atomic mass is 9.38. The summed E-state index contributed by atoms with van der Waals surface area (Å²) >= 11 is 0. The molecule has 0 aromatic heterocycles. The van der Waals surface area contributed by atoms with Gasteiger partial charge in [0.1, 0.15) is 0 Å². The molecular weight excluding hydrogens is 347 g/mol. The Labute approximate surface area is 175 Å². The van der Waals surface area contributed by atoms with Gasteiger partial charge in [-0.1, -0.05) is 145 Å². The third-order valence-electron chi connectivity index (χ3n) is 5.79. The third kappa shape index (κ3) is 5.06. The standard InChI is InChI=1S/C28H27B/c1-5-14-24(15-6-1)28(25-16-7-2-8-17-25)22-13-23-29(26-18-9-3-10-19-26)27-20-11-4-12-21-27/h1-12,14-21,28H,13,22-23H2. The van der Waals surface area contributed by atoms with E-state index in [0.29, 0.717) is 12.6 Å². The maximum absolute atomic E-state index is 2.27. The maximum Gasteiger partial charge on any atom is 0.209 e. The molecule has 0 radical (unpaired) electrons. The Bertz CT molecular complexity index is 804. The normalized spacial score (nSPS) is 10.8. The first kappa shape index (κ1) is 19.3. The van der Waals surface area contributed by atoms with Crippen LogP contribution in [0.25, 0.3) is 0 Å². The van der Waals surface area contributed by atoms with Crippen LogP contribution in [0.4, 0.5) is 0 Å². The van der Waals surface area contributed by atoms with Crippen LogP contribution in [0.15, 0.2) is 121 Å². The first-order chi connectivity index (χ1) is 14.4. The molecule has 4 aromatic carbocycles. The van der Waals surface area contributed by atoms with Crippen LogP contribution in [0, 0.1) is 0 Å². The molecule has 4 aromatic rings. The fraction of sp³-hybridized carbons (Fsp3) is 0.143. The minimum absolute atomic E-state index is 0.449. The fourth-order valence-electron chi connectivity index (χ4n) is 4.32. The van der Waals surface area contributed by atoms with Crippen LogP contribution in [-0.4, -0.2) is 6.71 Å². The number of hydrogen-bond acceptors (Lipinski definition) is 0. The summed E-state index contributed by atoms with van der Waals surface area (Å²) in [6.45, 7) is 0.449. The lowest BCUT2D eigenvalue weighted by Crippen LogP contribution is -2.41. The molecule has 4 rings (SSSR count). The molecule has 29 heavy (non-hydrogen) atoms. The van der Waals surface area contributed by atoms with Crippen molar-refractivity contribution >= 4 is 17.6 Å². The van der Waals surface area contributed by atoms with Crippen molar-refractivity contribution in [3.05, 3.63) is 132 Å². The number of benzene rings is 4. The molecule has 0 fully saturated rings. The Morgan fingerprint density at radius 2 is 0.862 bits per heavy atom. The van der Waals surface area contributed by atoms with E-state index in [4.69, 9.17) is 0 Å². The SMILES string of the molecule is c1ccc(B(CCCC(c2ccccc2)c2ccccc2)c2ccccc2)cc1. The monoisotopic (exact) mass is 374 g/mol. The van der Waals surface area contributed by atoms with E-state index in [9.17, 15) is 0 Å². The summed E-state index contributed by atoms with van der Waals surface area (Å²) in [5.41, 5.74) is 5.65. The van der Waals surface area contributed by atoms with Crippen molar-refractivity contribution in [2.24, 2.45) is 0 Å². The van der Waals surface area contributed by atoms with E-state index in [0.717, 1.165) is 12.7 Å². The molecule has 0 amide bonds. The van der Waals surface area contributed by atoms with Crippen molar-refractivity contribution in [3.63, 3.8) is 0 Å². The van der Waals surface area contributed by atoms with Crippen LogP contribution in [0.2, 0.25) is 6.32 Å². The predicted molar refractivity (Wildman–Crippen MR) is 127 cm³/mol. The molecule has 0 heterocycles. The van der Waals surface area contributed by atoms with Crippen LogP contribution < -0.4 is 10.9 Å². The quantitative estimate of drug-likeness (QED) is 0.337. The van der Waals surface area contributed by atoms with Gasteiger partial charge in [0.15, 0.2) is 0 Å². The van der Waals surface area contributed by atoms with Gasteiger partial charge in [0.05, 0.1) is 0 Å². The highest BCUT2D eigenvalue weighted by atomic mass is 14.2. The predicted octanol–water partition coefficient (Wildman–Crippen LogP) is 5.91. The smallest absolute Gasteiger partial charge is 0.0742 e. The summed E-state index contributed by atoms with van der Waals surface area (Å²) in [7, 11) is 0. The second-order valence-corrected chi connectivity index (χ2v) is 7.68. The first-order valence-electron chi connectivity index (χ1n) is 10.6. The van der Waals surface area contributed by atoms with Crippen molar-refractivity contribution in [1.29, 1.82) is 0 Å². The van der Waals surface area contributed by atoms with Gasteiger partial charge in [0.25, 0.3) is 0 Å². The summed E-state index contributed by atoms with van der Waals surface area (Å²) in [4.78, 5) is 0. The van der Waals surface area contributed by atoms with Crippen molar-refractivity contribution < 1.29 is 0 Å². The topological polar surface area (TPSA) is 0 Å². The molecule has 1 heteroatoms. The average Bonchev–Trinajstić information content (AvgIpc) is 2.81. The van der Waals surface area contributed by atoms with Crippen molar-refractivity contribution in [2.75, 3.05) is 0 Å². The number of hydrogen-bond donors (Lipinski definition) is 0. The van der Waals surface area contributed by atoms with Crippen molar-refractivity contribution in [3.8, 4) is 0 Å². The molecule has 0 N–H and O–H groups in total. The Morgan fingerprint density at radius 3 is 1.28 bits per heavy atom. The highest BCUT2D eigenvalue weighted by molar-refractivity contribution is 6.85. The van der Waals surface area contributed by atoms with Gasteiger partial charge in [0.2, 0.25) is 6.71 Å². The first-order valence-corrected chi connectivity index (χ1v) is 10.6. The van der Waals surface area contributed by atoms with E-state index >= 15 is 0 Å². The molecule has 0 aliphatic rings. The van der Waals surface area contributed by atoms with Crippen LogP contribution in [0.5, 0.6) is 0 Å². The summed E-state index contributed by atoms with van der Waals surface area (Å²) in [6.07, 6.45) is 3.50. The molecule has 0 aliphatic heterocycles. The molecule has 0 unspecified atom stereocenters. The molecule has 142 valence electrons. The number of rotatable bonds is 8. The second-order valence-electron chi connectivity index (χ2n) is 7.68. The van der Waals surface area contributed by atoms with Crippen LogP contribution in [0.3, 0.4) is 0 Å². The van der Waals surface area contributed by atoms with E-state index < -0.39 is 0 Å². The zero-order valence-electron chi connectivity index (χ0n) is 16.8. The van der Waals surface area contributed by atoms with Gasteiger partial charge in [0, 0.05) is 5.92 Å². The second kappa shape index (κ2) is 9.93. The molecule has 0 spiro atoms. The summed E-state index contributed by atoms with van der Waals surface area (Å²) in [5.74, 6) is 0.449. The largest absolute Gasteiger partial charge is 0.209 e. The van der Waals surface area contributed by atoms with Crippen LogP contribution >= 0.6 is 0 Å². The van der Waals surface area contributed by atoms with E-state index in [1.807, 2.05) is 0 Å². The highest BCUT2D eigenvalue weighted by Crippen LogP contribution is 2.29. The zero-order chi connectivity index (χ0) is 19.7. The van der Waals surface area contributed by atoms with Crippen LogP contribution in [0.1, 0.15) is 29.9 Å². The Hall–Kier alpha value is -3.06. The average molecular weight is 374 g/mol. The lowest BCUT2D eigenvalue weighted by Gasteiger charge is -2.20. The third-order valence-corrected chi connectivity index (χ3v) is 5.79. The van der Waals surface area contributed by atoms with E-state index in [-0.39, 0.29) is 0 Å².